The molecule has 1 atom stereocenters. The molecule has 3 nitrogen and oxygen atoms in total. The van der Waals surface area contributed by atoms with Gasteiger partial charge in [0.15, 0.2) is 17.5 Å². The first-order valence-corrected chi connectivity index (χ1v) is 7.90. The fourth-order valence-corrected chi connectivity index (χ4v) is 3.83. The van der Waals surface area contributed by atoms with Gasteiger partial charge in [-0.05, 0) is 18.8 Å². The quantitative estimate of drug-likeness (QED) is 0.842. The van der Waals surface area contributed by atoms with Gasteiger partial charge in [-0.1, -0.05) is 12.8 Å². The van der Waals surface area contributed by atoms with Crippen LogP contribution >= 0.6 is 0 Å². The van der Waals surface area contributed by atoms with E-state index in [1.807, 2.05) is 0 Å². The molecule has 0 spiro atoms. The van der Waals surface area contributed by atoms with Crippen molar-refractivity contribution in [1.82, 2.24) is 10.2 Å². The van der Waals surface area contributed by atoms with E-state index in [-0.39, 0.29) is 17.5 Å². The van der Waals surface area contributed by atoms with Crippen molar-refractivity contribution < 1.29 is 18.3 Å². The molecule has 6 heteroatoms. The molecule has 122 valence electrons. The van der Waals surface area contributed by atoms with Crippen molar-refractivity contribution in [3.8, 4) is 5.75 Å². The molecule has 2 aliphatic rings. The minimum atomic E-state index is -1.49. The Morgan fingerprint density at radius 1 is 1.09 bits per heavy atom. The van der Waals surface area contributed by atoms with Crippen molar-refractivity contribution in [2.45, 2.75) is 31.7 Å². The maximum atomic E-state index is 14.4. The highest BCUT2D eigenvalue weighted by molar-refractivity contribution is 5.38. The summed E-state index contributed by atoms with van der Waals surface area (Å²) in [5.74, 6) is -4.39. The molecule has 1 heterocycles. The first-order chi connectivity index (χ1) is 10.6. The van der Waals surface area contributed by atoms with Crippen LogP contribution in [0.15, 0.2) is 6.07 Å². The second-order valence-corrected chi connectivity index (χ2v) is 6.19. The molecule has 1 saturated carbocycles. The Hall–Kier alpha value is -1.27. The van der Waals surface area contributed by atoms with Crippen LogP contribution < -0.4 is 5.32 Å². The van der Waals surface area contributed by atoms with Crippen LogP contribution in [-0.4, -0.2) is 36.2 Å². The third-order valence-electron chi connectivity index (χ3n) is 4.87. The fourth-order valence-electron chi connectivity index (χ4n) is 3.83. The maximum Gasteiger partial charge on any atom is 0.195 e. The molecule has 22 heavy (non-hydrogen) atoms. The summed E-state index contributed by atoms with van der Waals surface area (Å²) >= 11 is 0. The molecular weight excluding hydrogens is 293 g/mol. The number of hydrogen-bond donors (Lipinski definition) is 2. The van der Waals surface area contributed by atoms with E-state index in [4.69, 9.17) is 0 Å². The molecule has 1 aliphatic heterocycles. The molecule has 3 rings (SSSR count). The topological polar surface area (TPSA) is 35.5 Å². The number of nitrogens with zero attached hydrogens (tertiary/aromatic N) is 1. The number of phenols is 1. The van der Waals surface area contributed by atoms with E-state index >= 15 is 0 Å². The van der Waals surface area contributed by atoms with Gasteiger partial charge in [-0.25, -0.2) is 13.2 Å². The lowest BCUT2D eigenvalue weighted by Gasteiger charge is -2.39. The second kappa shape index (κ2) is 6.46. The van der Waals surface area contributed by atoms with Crippen LogP contribution in [0.1, 0.15) is 37.3 Å². The van der Waals surface area contributed by atoms with Gasteiger partial charge in [0.25, 0.3) is 0 Å². The van der Waals surface area contributed by atoms with E-state index in [2.05, 4.69) is 10.2 Å². The van der Waals surface area contributed by atoms with Gasteiger partial charge in [0.1, 0.15) is 5.75 Å². The zero-order valence-electron chi connectivity index (χ0n) is 12.4. The Kier molecular flexibility index (Phi) is 4.59. The van der Waals surface area contributed by atoms with Gasteiger partial charge in [0.05, 0.1) is 5.56 Å². The highest BCUT2D eigenvalue weighted by Gasteiger charge is 2.36. The summed E-state index contributed by atoms with van der Waals surface area (Å²) in [4.78, 5) is 2.09. The summed E-state index contributed by atoms with van der Waals surface area (Å²) in [6.07, 6.45) is 3.96. The molecule has 2 fully saturated rings. The number of halogens is 3. The second-order valence-electron chi connectivity index (χ2n) is 6.19. The van der Waals surface area contributed by atoms with Gasteiger partial charge >= 0.3 is 0 Å². The summed E-state index contributed by atoms with van der Waals surface area (Å²) in [5, 5.41) is 13.3. The lowest BCUT2D eigenvalue weighted by atomic mass is 9.88. The number of rotatable bonds is 3. The van der Waals surface area contributed by atoms with Gasteiger partial charge in [0, 0.05) is 38.3 Å². The van der Waals surface area contributed by atoms with Crippen molar-refractivity contribution in [3.63, 3.8) is 0 Å². The molecule has 0 radical (unpaired) electrons. The largest absolute Gasteiger partial charge is 0.507 e. The Labute approximate surface area is 128 Å². The van der Waals surface area contributed by atoms with Crippen LogP contribution in [0, 0.1) is 23.4 Å². The van der Waals surface area contributed by atoms with E-state index in [1.165, 1.54) is 0 Å². The zero-order valence-corrected chi connectivity index (χ0v) is 12.4. The average Bonchev–Trinajstić information content (AvgIpc) is 3.04. The zero-order chi connectivity index (χ0) is 15.7. The molecule has 0 amide bonds. The molecule has 2 N–H and O–H groups in total. The van der Waals surface area contributed by atoms with Crippen molar-refractivity contribution in [2.75, 3.05) is 26.2 Å². The van der Waals surface area contributed by atoms with Crippen LogP contribution in [0.4, 0.5) is 13.2 Å². The van der Waals surface area contributed by atoms with Crippen LogP contribution in [0.3, 0.4) is 0 Å². The molecular formula is C16H21F3N2O. The van der Waals surface area contributed by atoms with E-state index < -0.39 is 23.2 Å². The average molecular weight is 314 g/mol. The standard InChI is InChI=1S/C16H21F3N2O/c17-11-9-12(22)13(15(19)14(11)18)16(10-3-1-2-4-10)21-7-5-20-6-8-21/h9-10,16,20,22H,1-8H2/t16-/m0/s1. The number of nitrogens with one attached hydrogen (secondary N) is 1. The Balaban J connectivity index is 2.03. The molecule has 1 aromatic carbocycles. The number of aromatic hydroxyl groups is 1. The molecule has 0 bridgehead atoms. The van der Waals surface area contributed by atoms with Crippen molar-refractivity contribution in [1.29, 1.82) is 0 Å². The highest BCUT2D eigenvalue weighted by Crippen LogP contribution is 2.44. The lowest BCUT2D eigenvalue weighted by molar-refractivity contribution is 0.119. The van der Waals surface area contributed by atoms with Gasteiger partial charge in [-0.2, -0.15) is 0 Å². The van der Waals surface area contributed by atoms with Crippen molar-refractivity contribution in [2.24, 2.45) is 5.92 Å². The first kappa shape index (κ1) is 15.6. The van der Waals surface area contributed by atoms with Crippen molar-refractivity contribution >= 4 is 0 Å². The molecule has 0 unspecified atom stereocenters. The summed E-state index contributed by atoms with van der Waals surface area (Å²) in [5.41, 5.74) is -0.0762. The first-order valence-electron chi connectivity index (χ1n) is 7.90. The third kappa shape index (κ3) is 2.82. The number of benzene rings is 1. The van der Waals surface area contributed by atoms with Crippen LogP contribution in [0.2, 0.25) is 0 Å². The normalized spacial score (nSPS) is 22.1. The molecule has 0 aromatic heterocycles. The van der Waals surface area contributed by atoms with Gasteiger partial charge in [-0.15, -0.1) is 0 Å². The minimum absolute atomic E-state index is 0.0762. The van der Waals surface area contributed by atoms with Crippen LogP contribution in [0.25, 0.3) is 0 Å². The number of phenolic OH excluding ortho intramolecular Hbond substituents is 1. The smallest absolute Gasteiger partial charge is 0.195 e. The monoisotopic (exact) mass is 314 g/mol. The van der Waals surface area contributed by atoms with Crippen LogP contribution in [0.5, 0.6) is 5.75 Å². The summed E-state index contributed by atoms with van der Waals surface area (Å²) in [6.45, 7) is 2.96. The van der Waals surface area contributed by atoms with E-state index in [0.717, 1.165) is 38.8 Å². The summed E-state index contributed by atoms with van der Waals surface area (Å²) < 4.78 is 41.4. The van der Waals surface area contributed by atoms with Gasteiger partial charge < -0.3 is 10.4 Å². The Morgan fingerprint density at radius 3 is 2.36 bits per heavy atom. The van der Waals surface area contributed by atoms with E-state index in [1.54, 1.807) is 0 Å². The predicted molar refractivity (Wildman–Crippen MR) is 77.1 cm³/mol. The number of piperazine rings is 1. The number of hydrogen-bond acceptors (Lipinski definition) is 3. The van der Waals surface area contributed by atoms with E-state index in [0.29, 0.717) is 19.2 Å². The van der Waals surface area contributed by atoms with Gasteiger partial charge in [0.2, 0.25) is 0 Å². The minimum Gasteiger partial charge on any atom is -0.507 e. The Morgan fingerprint density at radius 2 is 1.73 bits per heavy atom. The SMILES string of the molecule is Oc1cc(F)c(F)c(F)c1[C@H](C1CCCC1)N1CCNCC1. The molecule has 1 aliphatic carbocycles. The van der Waals surface area contributed by atoms with Crippen LogP contribution in [-0.2, 0) is 0 Å². The van der Waals surface area contributed by atoms with Crippen molar-refractivity contribution in [3.05, 3.63) is 29.1 Å². The van der Waals surface area contributed by atoms with E-state index in [9.17, 15) is 18.3 Å². The molecule has 1 aromatic rings. The summed E-state index contributed by atoms with van der Waals surface area (Å²) in [7, 11) is 0. The predicted octanol–water partition coefficient (Wildman–Crippen LogP) is 2.95. The fraction of sp³-hybridized carbons (Fsp3) is 0.625. The van der Waals surface area contributed by atoms with Gasteiger partial charge in [-0.3, -0.25) is 4.90 Å². The third-order valence-corrected chi connectivity index (χ3v) is 4.87. The summed E-state index contributed by atoms with van der Waals surface area (Å²) in [6, 6.07) is 0.303. The lowest BCUT2D eigenvalue weighted by Crippen LogP contribution is -2.47. The maximum absolute atomic E-state index is 14.4. The molecule has 1 saturated heterocycles. The Bertz CT molecular complexity index is 541. The highest BCUT2D eigenvalue weighted by atomic mass is 19.2.